The Morgan fingerprint density at radius 3 is 2.94 bits per heavy atom. The van der Waals surface area contributed by atoms with Gasteiger partial charge in [-0.05, 0) is 19.1 Å². The van der Waals surface area contributed by atoms with Gasteiger partial charge in [-0.15, -0.1) is 11.3 Å². The lowest BCUT2D eigenvalue weighted by molar-refractivity contribution is -0.145. The van der Waals surface area contributed by atoms with Gasteiger partial charge in [-0.25, -0.2) is 4.98 Å². The minimum atomic E-state index is -0.989. The summed E-state index contributed by atoms with van der Waals surface area (Å²) in [7, 11) is 1.34. The molecule has 4 nitrogen and oxygen atoms in total. The Balaban J connectivity index is 2.08. The van der Waals surface area contributed by atoms with Crippen LogP contribution < -0.4 is 5.73 Å². The molecular formula is C12H14N2O2S2. The van der Waals surface area contributed by atoms with Gasteiger partial charge in [0.15, 0.2) is 4.34 Å². The summed E-state index contributed by atoms with van der Waals surface area (Å²) in [5, 5.41) is 0. The number of rotatable bonds is 4. The lowest BCUT2D eigenvalue weighted by Crippen LogP contribution is -2.48. The number of thiazole rings is 1. The third-order valence-corrected chi connectivity index (χ3v) is 4.94. The van der Waals surface area contributed by atoms with Crippen LogP contribution in [0.15, 0.2) is 28.6 Å². The molecule has 0 amide bonds. The van der Waals surface area contributed by atoms with Gasteiger partial charge in [-0.3, -0.25) is 4.79 Å². The number of methoxy groups -OCH3 is 1. The summed E-state index contributed by atoms with van der Waals surface area (Å²) >= 11 is 3.08. The van der Waals surface area contributed by atoms with E-state index < -0.39 is 11.5 Å². The molecule has 2 rings (SSSR count). The summed E-state index contributed by atoms with van der Waals surface area (Å²) in [5.74, 6) is 0.0376. The number of nitrogens with zero attached hydrogens (tertiary/aromatic N) is 1. The van der Waals surface area contributed by atoms with E-state index in [2.05, 4.69) is 9.72 Å². The maximum atomic E-state index is 11.4. The second-order valence-corrected chi connectivity index (χ2v) is 6.40. The van der Waals surface area contributed by atoms with Crippen LogP contribution in [0.4, 0.5) is 0 Å². The molecule has 1 heterocycles. The molecule has 0 bridgehead atoms. The average Bonchev–Trinajstić information content (AvgIpc) is 2.78. The van der Waals surface area contributed by atoms with Crippen LogP contribution >= 0.6 is 23.1 Å². The Labute approximate surface area is 114 Å². The highest BCUT2D eigenvalue weighted by Gasteiger charge is 2.29. The molecule has 96 valence electrons. The smallest absolute Gasteiger partial charge is 0.326 e. The monoisotopic (exact) mass is 282 g/mol. The first-order chi connectivity index (χ1) is 8.53. The van der Waals surface area contributed by atoms with E-state index in [1.165, 1.54) is 18.9 Å². The number of hydrogen-bond acceptors (Lipinski definition) is 6. The summed E-state index contributed by atoms with van der Waals surface area (Å²) < 4.78 is 6.72. The number of hydrogen-bond donors (Lipinski definition) is 1. The summed E-state index contributed by atoms with van der Waals surface area (Å²) in [5.41, 5.74) is 5.88. The van der Waals surface area contributed by atoms with Crippen LogP contribution in [0.5, 0.6) is 0 Å². The van der Waals surface area contributed by atoms with Gasteiger partial charge in [-0.1, -0.05) is 23.9 Å². The van der Waals surface area contributed by atoms with Crippen LogP contribution in [-0.4, -0.2) is 29.4 Å². The molecule has 0 fully saturated rings. The molecule has 0 saturated carbocycles. The van der Waals surface area contributed by atoms with Crippen LogP contribution in [0.2, 0.25) is 0 Å². The molecule has 0 aliphatic rings. The SMILES string of the molecule is COC(=O)C(C)(N)CSc1nc2ccccc2s1. The number of aromatic nitrogens is 1. The van der Waals surface area contributed by atoms with E-state index in [0.29, 0.717) is 5.75 Å². The fourth-order valence-corrected chi connectivity index (χ4v) is 3.50. The third kappa shape index (κ3) is 2.82. The first kappa shape index (κ1) is 13.3. The van der Waals surface area contributed by atoms with Gasteiger partial charge < -0.3 is 10.5 Å². The molecule has 2 N–H and O–H groups in total. The van der Waals surface area contributed by atoms with Crippen molar-refractivity contribution < 1.29 is 9.53 Å². The highest BCUT2D eigenvalue weighted by Crippen LogP contribution is 2.30. The molecule has 18 heavy (non-hydrogen) atoms. The van der Waals surface area contributed by atoms with E-state index >= 15 is 0 Å². The average molecular weight is 282 g/mol. The van der Waals surface area contributed by atoms with Crippen LogP contribution in [0.3, 0.4) is 0 Å². The number of fused-ring (bicyclic) bond motifs is 1. The number of thioether (sulfide) groups is 1. The lowest BCUT2D eigenvalue weighted by Gasteiger charge is -2.19. The van der Waals surface area contributed by atoms with Gasteiger partial charge in [0, 0.05) is 5.75 Å². The van der Waals surface area contributed by atoms with Crippen molar-refractivity contribution in [3.63, 3.8) is 0 Å². The molecule has 0 aliphatic carbocycles. The van der Waals surface area contributed by atoms with Crippen LogP contribution in [-0.2, 0) is 9.53 Å². The molecule has 1 atom stereocenters. The second-order valence-electron chi connectivity index (χ2n) is 4.15. The van der Waals surface area contributed by atoms with Gasteiger partial charge in [-0.2, -0.15) is 0 Å². The quantitative estimate of drug-likeness (QED) is 0.688. The number of esters is 1. The number of carbonyl (C=O) groups is 1. The van der Waals surface area contributed by atoms with Crippen molar-refractivity contribution >= 4 is 39.3 Å². The molecule has 0 spiro atoms. The Morgan fingerprint density at radius 1 is 1.56 bits per heavy atom. The number of para-hydroxylation sites is 1. The first-order valence-electron chi connectivity index (χ1n) is 5.38. The number of nitrogens with two attached hydrogens (primary N) is 1. The summed E-state index contributed by atoms with van der Waals surface area (Å²) in [6, 6.07) is 7.94. The van der Waals surface area contributed by atoms with Crippen molar-refractivity contribution in [3.05, 3.63) is 24.3 Å². The third-order valence-electron chi connectivity index (χ3n) is 2.42. The van der Waals surface area contributed by atoms with E-state index in [-0.39, 0.29) is 0 Å². The van der Waals surface area contributed by atoms with Gasteiger partial charge in [0.05, 0.1) is 17.3 Å². The molecule has 0 aliphatic heterocycles. The number of benzene rings is 1. The van der Waals surface area contributed by atoms with E-state index in [9.17, 15) is 4.79 Å². The normalized spacial score (nSPS) is 14.4. The van der Waals surface area contributed by atoms with Gasteiger partial charge in [0.2, 0.25) is 0 Å². The molecule has 2 aromatic rings. The highest BCUT2D eigenvalue weighted by molar-refractivity contribution is 8.01. The number of carbonyl (C=O) groups excluding carboxylic acids is 1. The predicted octanol–water partition coefficient (Wildman–Crippen LogP) is 2.28. The zero-order valence-electron chi connectivity index (χ0n) is 10.2. The van der Waals surface area contributed by atoms with E-state index in [4.69, 9.17) is 5.73 Å². The van der Waals surface area contributed by atoms with Crippen molar-refractivity contribution in [1.82, 2.24) is 4.98 Å². The van der Waals surface area contributed by atoms with Gasteiger partial charge in [0.25, 0.3) is 0 Å². The van der Waals surface area contributed by atoms with E-state index in [1.807, 2.05) is 24.3 Å². The minimum absolute atomic E-state index is 0.406. The standard InChI is InChI=1S/C12H14N2O2S2/c1-12(13,10(15)16-2)7-17-11-14-8-5-3-4-6-9(8)18-11/h3-6H,7,13H2,1-2H3. The molecule has 1 aromatic carbocycles. The zero-order valence-corrected chi connectivity index (χ0v) is 11.8. The Morgan fingerprint density at radius 2 is 2.28 bits per heavy atom. The molecule has 1 unspecified atom stereocenters. The van der Waals surface area contributed by atoms with Crippen molar-refractivity contribution in [1.29, 1.82) is 0 Å². The molecule has 1 aromatic heterocycles. The van der Waals surface area contributed by atoms with Gasteiger partial charge >= 0.3 is 5.97 Å². The first-order valence-corrected chi connectivity index (χ1v) is 7.19. The predicted molar refractivity (Wildman–Crippen MR) is 75.0 cm³/mol. The lowest BCUT2D eigenvalue weighted by atomic mass is 10.1. The molecule has 0 saturated heterocycles. The van der Waals surface area contributed by atoms with E-state index in [0.717, 1.165) is 14.6 Å². The van der Waals surface area contributed by atoms with Crippen molar-refractivity contribution in [2.24, 2.45) is 5.73 Å². The maximum Gasteiger partial charge on any atom is 0.326 e. The largest absolute Gasteiger partial charge is 0.468 e. The molecule has 0 radical (unpaired) electrons. The van der Waals surface area contributed by atoms with Crippen LogP contribution in [0.1, 0.15) is 6.92 Å². The maximum absolute atomic E-state index is 11.4. The van der Waals surface area contributed by atoms with Crippen molar-refractivity contribution in [2.45, 2.75) is 16.8 Å². The molecular weight excluding hydrogens is 268 g/mol. The Kier molecular flexibility index (Phi) is 3.89. The highest BCUT2D eigenvalue weighted by atomic mass is 32.2. The topological polar surface area (TPSA) is 65.2 Å². The second kappa shape index (κ2) is 5.26. The fraction of sp³-hybridized carbons (Fsp3) is 0.333. The molecule has 6 heteroatoms. The fourth-order valence-electron chi connectivity index (χ4n) is 1.42. The van der Waals surface area contributed by atoms with Crippen molar-refractivity contribution in [2.75, 3.05) is 12.9 Å². The summed E-state index contributed by atoms with van der Waals surface area (Å²) in [4.78, 5) is 15.9. The minimum Gasteiger partial charge on any atom is -0.468 e. The van der Waals surface area contributed by atoms with Crippen molar-refractivity contribution in [3.8, 4) is 0 Å². The van der Waals surface area contributed by atoms with Crippen LogP contribution in [0.25, 0.3) is 10.2 Å². The summed E-state index contributed by atoms with van der Waals surface area (Å²) in [6.45, 7) is 1.67. The van der Waals surface area contributed by atoms with Gasteiger partial charge in [0.1, 0.15) is 5.54 Å². The van der Waals surface area contributed by atoms with Crippen LogP contribution in [0, 0.1) is 0 Å². The van der Waals surface area contributed by atoms with E-state index in [1.54, 1.807) is 18.3 Å². The zero-order chi connectivity index (χ0) is 13.2. The summed E-state index contributed by atoms with van der Waals surface area (Å²) in [6.07, 6.45) is 0. The Bertz CT molecular complexity index is 533. The number of ether oxygens (including phenoxy) is 1. The Hall–Kier alpha value is -1.11.